The number of hydrogen-bond acceptors (Lipinski definition) is 4. The van der Waals surface area contributed by atoms with E-state index in [4.69, 9.17) is 10.6 Å². The van der Waals surface area contributed by atoms with Gasteiger partial charge in [0.15, 0.2) is 18.6 Å². The number of hydrogen-bond donors (Lipinski definition) is 1. The number of fused-ring (bicyclic) bond motifs is 2. The second kappa shape index (κ2) is 8.41. The van der Waals surface area contributed by atoms with E-state index >= 15 is 0 Å². The number of oxazole rings is 1. The average molecular weight is 444 g/mol. The van der Waals surface area contributed by atoms with Crippen LogP contribution in [0.1, 0.15) is 12.8 Å². The van der Waals surface area contributed by atoms with Crippen molar-refractivity contribution in [2.75, 3.05) is 5.31 Å². The standard InChI is InChI=1S/C30H22N2O2/c1-20(16-29-31-25-18-23(12-14-27(25)33-29)21-8-4-2-5-9-21)17-30-32-26-19-24(13-15-28(26)34-30)22-10-6-3-7-11-22/h2-19,31H,1H3/i/hD. The van der Waals surface area contributed by atoms with Crippen molar-refractivity contribution in [3.8, 4) is 28.0 Å². The highest BCUT2D eigenvalue weighted by Gasteiger charge is 2.17. The molecule has 0 aliphatic carbocycles. The first-order chi connectivity index (χ1) is 17.1. The van der Waals surface area contributed by atoms with Gasteiger partial charge in [-0.1, -0.05) is 72.8 Å². The first-order valence-corrected chi connectivity index (χ1v) is 11.2. The van der Waals surface area contributed by atoms with Crippen LogP contribution in [0.25, 0.3) is 39.4 Å². The maximum atomic E-state index is 8.57. The number of anilines is 1. The fourth-order valence-corrected chi connectivity index (χ4v) is 4.07. The first-order valence-electron chi connectivity index (χ1n) is 11.6. The minimum atomic E-state index is 0.432. The van der Waals surface area contributed by atoms with E-state index in [-0.39, 0.29) is 0 Å². The topological polar surface area (TPSA) is 47.3 Å². The fraction of sp³-hybridized carbons (Fsp3) is 0.0333. The van der Waals surface area contributed by atoms with Crippen LogP contribution in [-0.2, 0) is 0 Å². The van der Waals surface area contributed by atoms with E-state index in [2.05, 4.69) is 29.2 Å². The molecule has 0 bridgehead atoms. The Kier molecular flexibility index (Phi) is 4.69. The van der Waals surface area contributed by atoms with Crippen molar-refractivity contribution in [3.05, 3.63) is 120 Å². The Morgan fingerprint density at radius 3 is 2.24 bits per heavy atom. The highest BCUT2D eigenvalue weighted by molar-refractivity contribution is 5.81. The number of nitrogens with one attached hydrogen (secondary N) is 1. The van der Waals surface area contributed by atoms with Gasteiger partial charge in [-0.15, -0.1) is 0 Å². The molecule has 0 unspecified atom stereocenters. The zero-order chi connectivity index (χ0) is 23.8. The molecule has 4 nitrogen and oxygen atoms in total. The number of benzene rings is 4. The summed E-state index contributed by atoms with van der Waals surface area (Å²) in [6, 6.07) is 32.2. The number of allylic oxidation sites excluding steroid dienone is 2. The molecule has 4 heteroatoms. The van der Waals surface area contributed by atoms with Crippen LogP contribution < -0.4 is 10.0 Å². The molecule has 0 atom stereocenters. The lowest BCUT2D eigenvalue weighted by atomic mass is 10.1. The number of ether oxygens (including phenoxy) is 1. The highest BCUT2D eigenvalue weighted by Crippen LogP contribution is 2.37. The summed E-state index contributed by atoms with van der Waals surface area (Å²) in [6.45, 7) is 1.94. The fourth-order valence-electron chi connectivity index (χ4n) is 4.07. The van der Waals surface area contributed by atoms with Crippen LogP contribution in [0.2, 0.25) is 1.41 Å². The number of nitrogens with zero attached hydrogens (tertiary/aromatic N) is 1. The predicted octanol–water partition coefficient (Wildman–Crippen LogP) is 7.91. The molecular weight excluding hydrogens is 420 g/mol. The third-order valence-electron chi connectivity index (χ3n) is 5.72. The van der Waals surface area contributed by atoms with Crippen molar-refractivity contribution < 1.29 is 10.6 Å². The van der Waals surface area contributed by atoms with Crippen molar-refractivity contribution >= 4 is 22.9 Å². The number of aromatic nitrogens is 1. The molecule has 1 aliphatic heterocycles. The Balaban J connectivity index is 1.26. The van der Waals surface area contributed by atoms with E-state index in [0.29, 0.717) is 23.2 Å². The summed E-state index contributed by atoms with van der Waals surface area (Å²) in [4.78, 5) is 4.64. The Morgan fingerprint density at radius 1 is 0.824 bits per heavy atom. The largest absolute Gasteiger partial charge is 0.439 e. The molecule has 0 saturated carbocycles. The van der Waals surface area contributed by atoms with Gasteiger partial charge in [0, 0.05) is 12.2 Å². The summed E-state index contributed by atoms with van der Waals surface area (Å²) in [6.07, 6.45) is 3.67. The van der Waals surface area contributed by atoms with Crippen LogP contribution >= 0.6 is 0 Å². The van der Waals surface area contributed by atoms with Crippen LogP contribution in [-0.4, -0.2) is 4.98 Å². The molecule has 0 fully saturated rings. The maximum Gasteiger partial charge on any atom is 0.220 e. The van der Waals surface area contributed by atoms with Crippen LogP contribution in [0, 0.1) is 0 Å². The molecular formula is C30H22N2O2. The Hall–Kier alpha value is -4.57. The second-order valence-electron chi connectivity index (χ2n) is 8.23. The summed E-state index contributed by atoms with van der Waals surface area (Å²) in [5, 5.41) is 1.32. The van der Waals surface area contributed by atoms with Crippen molar-refractivity contribution in [2.45, 2.75) is 6.92 Å². The molecule has 4 aromatic carbocycles. The van der Waals surface area contributed by atoms with Gasteiger partial charge in [-0.2, -0.15) is 0 Å². The van der Waals surface area contributed by atoms with Crippen LogP contribution in [0.3, 0.4) is 0 Å². The van der Waals surface area contributed by atoms with Crippen molar-refractivity contribution in [2.24, 2.45) is 0 Å². The minimum absolute atomic E-state index is 0.432. The maximum absolute atomic E-state index is 8.57. The van der Waals surface area contributed by atoms with Gasteiger partial charge in [0.25, 0.3) is 0 Å². The smallest absolute Gasteiger partial charge is 0.220 e. The van der Waals surface area contributed by atoms with E-state index in [0.717, 1.165) is 38.9 Å². The van der Waals surface area contributed by atoms with Crippen LogP contribution in [0.4, 0.5) is 5.69 Å². The summed E-state index contributed by atoms with van der Waals surface area (Å²) < 4.78 is 20.4. The normalized spacial score (nSPS) is 14.9. The third-order valence-corrected chi connectivity index (χ3v) is 5.72. The molecule has 0 spiro atoms. The van der Waals surface area contributed by atoms with Gasteiger partial charge in [0.2, 0.25) is 5.89 Å². The molecule has 1 aromatic heterocycles. The minimum Gasteiger partial charge on any atom is -0.439 e. The van der Waals surface area contributed by atoms with Gasteiger partial charge in [0.1, 0.15) is 5.52 Å². The van der Waals surface area contributed by atoms with E-state index < -0.39 is 0 Å². The number of rotatable bonds is 4. The summed E-state index contributed by atoms with van der Waals surface area (Å²) >= 11 is 0. The van der Waals surface area contributed by atoms with Crippen molar-refractivity contribution in [1.82, 2.24) is 4.98 Å². The molecule has 1 N–H and O–H groups in total. The second-order valence-corrected chi connectivity index (χ2v) is 8.23. The van der Waals surface area contributed by atoms with E-state index in [9.17, 15) is 0 Å². The lowest BCUT2D eigenvalue weighted by Gasteiger charge is -2.03. The van der Waals surface area contributed by atoms with Gasteiger partial charge in [-0.3, -0.25) is 0 Å². The Morgan fingerprint density at radius 2 is 1.50 bits per heavy atom. The van der Waals surface area contributed by atoms with Gasteiger partial charge in [-0.05, 0) is 59.0 Å². The Labute approximate surface area is 199 Å². The predicted molar refractivity (Wildman–Crippen MR) is 137 cm³/mol. The molecule has 6 rings (SSSR count). The quantitative estimate of drug-likeness (QED) is 0.307. The Bertz CT molecular complexity index is 1590. The average Bonchev–Trinajstić information content (AvgIpc) is 3.44. The van der Waals surface area contributed by atoms with Gasteiger partial charge in [0.05, 0.1) is 5.69 Å². The highest BCUT2D eigenvalue weighted by atomic mass is 16.5. The van der Waals surface area contributed by atoms with E-state index in [1.54, 1.807) is 0 Å². The van der Waals surface area contributed by atoms with Crippen molar-refractivity contribution in [3.63, 3.8) is 0 Å². The van der Waals surface area contributed by atoms with Crippen LogP contribution in [0.5, 0.6) is 5.75 Å². The van der Waals surface area contributed by atoms with Crippen molar-refractivity contribution in [1.29, 1.82) is 0 Å². The zero-order valence-corrected chi connectivity index (χ0v) is 18.6. The summed E-state index contributed by atoms with van der Waals surface area (Å²) in [7, 11) is 0. The van der Waals surface area contributed by atoms with E-state index in [1.165, 1.54) is 5.31 Å². The molecule has 0 amide bonds. The molecule has 5 aromatic rings. The van der Waals surface area contributed by atoms with Gasteiger partial charge in [-0.25, -0.2) is 4.98 Å². The molecule has 0 radical (unpaired) electrons. The molecule has 1 aliphatic rings. The molecule has 2 heterocycles. The van der Waals surface area contributed by atoms with Gasteiger partial charge < -0.3 is 14.5 Å². The third kappa shape index (κ3) is 3.97. The summed E-state index contributed by atoms with van der Waals surface area (Å²) in [5.74, 6) is 1.61. The zero-order valence-electron chi connectivity index (χ0n) is 19.6. The van der Waals surface area contributed by atoms with Crippen LogP contribution in [0.15, 0.2) is 119 Å². The lowest BCUT2D eigenvalue weighted by Crippen LogP contribution is -1.96. The SMILES string of the molecule is [2H]N1C(=CC(C)=Cc2nc3cc(-c4ccccc4)ccc3o2)Oc2ccc(-c3ccccc3)cc21. The molecule has 34 heavy (non-hydrogen) atoms. The van der Waals surface area contributed by atoms with E-state index in [1.807, 2.05) is 91.9 Å². The first kappa shape index (κ1) is 18.9. The molecule has 164 valence electrons. The lowest BCUT2D eigenvalue weighted by molar-refractivity contribution is 0.457. The molecule has 0 saturated heterocycles. The monoisotopic (exact) mass is 443 g/mol. The van der Waals surface area contributed by atoms with Gasteiger partial charge >= 0.3 is 0 Å². The summed E-state index contributed by atoms with van der Waals surface area (Å²) in [5.41, 5.74) is 7.49.